The van der Waals surface area contributed by atoms with Gasteiger partial charge in [0.15, 0.2) is 0 Å². The molecule has 0 aromatic rings. The standard InChI is InChI=1S/C15H30N2/c1-4-5-13-6-8-14(9-7-13)17-11-10-16-15(2,3)12-17/h13-14,16H,4-12H2,1-3H3. The molecule has 17 heavy (non-hydrogen) atoms. The largest absolute Gasteiger partial charge is 0.309 e. The van der Waals surface area contributed by atoms with Crippen molar-refractivity contribution in [1.82, 2.24) is 10.2 Å². The number of nitrogens with zero attached hydrogens (tertiary/aromatic N) is 1. The second-order valence-corrected chi connectivity index (χ2v) is 6.74. The number of rotatable bonds is 3. The average molecular weight is 238 g/mol. The highest BCUT2D eigenvalue weighted by Gasteiger charge is 2.32. The van der Waals surface area contributed by atoms with Crippen LogP contribution in [0.15, 0.2) is 0 Å². The van der Waals surface area contributed by atoms with Crippen molar-refractivity contribution < 1.29 is 0 Å². The molecule has 1 saturated heterocycles. The summed E-state index contributed by atoms with van der Waals surface area (Å²) in [6.45, 7) is 10.7. The molecule has 2 fully saturated rings. The monoisotopic (exact) mass is 238 g/mol. The summed E-state index contributed by atoms with van der Waals surface area (Å²) in [7, 11) is 0. The summed E-state index contributed by atoms with van der Waals surface area (Å²) in [5.74, 6) is 1.03. The van der Waals surface area contributed by atoms with Crippen LogP contribution < -0.4 is 5.32 Å². The second kappa shape index (κ2) is 5.71. The van der Waals surface area contributed by atoms with Crippen LogP contribution in [-0.4, -0.2) is 36.1 Å². The molecule has 1 saturated carbocycles. The first kappa shape index (κ1) is 13.4. The summed E-state index contributed by atoms with van der Waals surface area (Å²) >= 11 is 0. The van der Waals surface area contributed by atoms with Gasteiger partial charge < -0.3 is 5.32 Å². The van der Waals surface area contributed by atoms with E-state index in [1.54, 1.807) is 0 Å². The molecule has 0 unspecified atom stereocenters. The highest BCUT2D eigenvalue weighted by atomic mass is 15.2. The molecule has 100 valence electrons. The number of nitrogens with one attached hydrogen (secondary N) is 1. The summed E-state index contributed by atoms with van der Waals surface area (Å²) in [5, 5.41) is 3.61. The van der Waals surface area contributed by atoms with E-state index in [1.807, 2.05) is 0 Å². The molecule has 2 rings (SSSR count). The zero-order valence-corrected chi connectivity index (χ0v) is 12.0. The Balaban J connectivity index is 1.80. The van der Waals surface area contributed by atoms with Crippen molar-refractivity contribution in [3.8, 4) is 0 Å². The number of hydrogen-bond acceptors (Lipinski definition) is 2. The first-order chi connectivity index (χ1) is 8.11. The van der Waals surface area contributed by atoms with Gasteiger partial charge in [0.1, 0.15) is 0 Å². The summed E-state index contributed by atoms with van der Waals surface area (Å²) in [4.78, 5) is 2.75. The Morgan fingerprint density at radius 1 is 1.18 bits per heavy atom. The summed E-state index contributed by atoms with van der Waals surface area (Å²) in [6, 6.07) is 0.879. The van der Waals surface area contributed by atoms with Gasteiger partial charge in [-0.1, -0.05) is 19.8 Å². The van der Waals surface area contributed by atoms with Crippen LogP contribution in [0.2, 0.25) is 0 Å². The highest BCUT2D eigenvalue weighted by molar-refractivity contribution is 4.91. The van der Waals surface area contributed by atoms with Crippen molar-refractivity contribution >= 4 is 0 Å². The lowest BCUT2D eigenvalue weighted by molar-refractivity contribution is 0.0766. The van der Waals surface area contributed by atoms with E-state index in [4.69, 9.17) is 0 Å². The van der Waals surface area contributed by atoms with Gasteiger partial charge in [-0.2, -0.15) is 0 Å². The molecule has 0 atom stereocenters. The molecule has 0 radical (unpaired) electrons. The molecule has 2 aliphatic rings. The van der Waals surface area contributed by atoms with Gasteiger partial charge in [0.25, 0.3) is 0 Å². The number of hydrogen-bond donors (Lipinski definition) is 1. The van der Waals surface area contributed by atoms with Crippen LogP contribution in [0.25, 0.3) is 0 Å². The smallest absolute Gasteiger partial charge is 0.0252 e. The lowest BCUT2D eigenvalue weighted by Gasteiger charge is -2.45. The van der Waals surface area contributed by atoms with Crippen molar-refractivity contribution in [2.24, 2.45) is 5.92 Å². The fourth-order valence-corrected chi connectivity index (χ4v) is 3.70. The van der Waals surface area contributed by atoms with E-state index in [9.17, 15) is 0 Å². The van der Waals surface area contributed by atoms with Crippen molar-refractivity contribution in [2.45, 2.75) is 70.9 Å². The van der Waals surface area contributed by atoms with Crippen LogP contribution in [0.4, 0.5) is 0 Å². The van der Waals surface area contributed by atoms with Crippen LogP contribution in [0.3, 0.4) is 0 Å². The van der Waals surface area contributed by atoms with Crippen LogP contribution in [0.5, 0.6) is 0 Å². The zero-order chi connectivity index (χ0) is 12.3. The van der Waals surface area contributed by atoms with Crippen molar-refractivity contribution in [1.29, 1.82) is 0 Å². The first-order valence-electron chi connectivity index (χ1n) is 7.60. The third kappa shape index (κ3) is 3.69. The molecular formula is C15H30N2. The maximum atomic E-state index is 3.61. The van der Waals surface area contributed by atoms with Crippen molar-refractivity contribution in [3.05, 3.63) is 0 Å². The van der Waals surface area contributed by atoms with Crippen molar-refractivity contribution in [3.63, 3.8) is 0 Å². The van der Waals surface area contributed by atoms with E-state index in [1.165, 1.54) is 58.2 Å². The van der Waals surface area contributed by atoms with Crippen LogP contribution in [-0.2, 0) is 0 Å². The molecule has 1 aliphatic carbocycles. The fourth-order valence-electron chi connectivity index (χ4n) is 3.70. The maximum absolute atomic E-state index is 3.61. The highest BCUT2D eigenvalue weighted by Crippen LogP contribution is 2.31. The summed E-state index contributed by atoms with van der Waals surface area (Å²) in [5.41, 5.74) is 0.318. The molecule has 0 amide bonds. The number of piperazine rings is 1. The molecule has 1 aliphatic heterocycles. The first-order valence-corrected chi connectivity index (χ1v) is 7.60. The molecule has 0 aromatic heterocycles. The quantitative estimate of drug-likeness (QED) is 0.813. The van der Waals surface area contributed by atoms with Gasteiger partial charge in [-0.15, -0.1) is 0 Å². The molecule has 0 aromatic carbocycles. The predicted octanol–water partition coefficient (Wildman–Crippen LogP) is 3.03. The van der Waals surface area contributed by atoms with E-state index in [-0.39, 0.29) is 0 Å². The molecule has 2 nitrogen and oxygen atoms in total. The Bertz CT molecular complexity index is 229. The molecule has 1 N–H and O–H groups in total. The Labute approximate surface area is 107 Å². The van der Waals surface area contributed by atoms with Gasteiger partial charge in [0.05, 0.1) is 0 Å². The van der Waals surface area contributed by atoms with Gasteiger partial charge in [-0.3, -0.25) is 4.90 Å². The van der Waals surface area contributed by atoms with E-state index < -0.39 is 0 Å². The average Bonchev–Trinajstić information content (AvgIpc) is 2.29. The minimum Gasteiger partial charge on any atom is -0.309 e. The molecule has 1 heterocycles. The van der Waals surface area contributed by atoms with Gasteiger partial charge in [0.2, 0.25) is 0 Å². The van der Waals surface area contributed by atoms with E-state index in [0.717, 1.165) is 12.0 Å². The third-order valence-electron chi connectivity index (χ3n) is 4.63. The van der Waals surface area contributed by atoms with Crippen LogP contribution in [0.1, 0.15) is 59.3 Å². The van der Waals surface area contributed by atoms with E-state index in [2.05, 4.69) is 31.0 Å². The van der Waals surface area contributed by atoms with E-state index >= 15 is 0 Å². The minimum absolute atomic E-state index is 0.318. The minimum atomic E-state index is 0.318. The SMILES string of the molecule is CCCC1CCC(N2CCNC(C)(C)C2)CC1. The Hall–Kier alpha value is -0.0800. The fraction of sp³-hybridized carbons (Fsp3) is 1.00. The molecule has 2 heteroatoms. The molecule has 0 spiro atoms. The molecular weight excluding hydrogens is 208 g/mol. The van der Waals surface area contributed by atoms with Crippen molar-refractivity contribution in [2.75, 3.05) is 19.6 Å². The summed E-state index contributed by atoms with van der Waals surface area (Å²) in [6.07, 6.45) is 8.67. The lowest BCUT2D eigenvalue weighted by Crippen LogP contribution is -2.59. The van der Waals surface area contributed by atoms with Gasteiger partial charge in [0, 0.05) is 31.2 Å². The van der Waals surface area contributed by atoms with Gasteiger partial charge >= 0.3 is 0 Å². The zero-order valence-electron chi connectivity index (χ0n) is 12.0. The summed E-state index contributed by atoms with van der Waals surface area (Å²) < 4.78 is 0. The Morgan fingerprint density at radius 2 is 1.88 bits per heavy atom. The normalized spacial score (nSPS) is 34.8. The third-order valence-corrected chi connectivity index (χ3v) is 4.63. The van der Waals surface area contributed by atoms with Gasteiger partial charge in [-0.25, -0.2) is 0 Å². The molecule has 0 bridgehead atoms. The van der Waals surface area contributed by atoms with E-state index in [0.29, 0.717) is 5.54 Å². The topological polar surface area (TPSA) is 15.3 Å². The second-order valence-electron chi connectivity index (χ2n) is 6.74. The Morgan fingerprint density at radius 3 is 2.47 bits per heavy atom. The Kier molecular flexibility index (Phi) is 4.48. The maximum Gasteiger partial charge on any atom is 0.0252 e. The predicted molar refractivity (Wildman–Crippen MR) is 74.3 cm³/mol. The lowest BCUT2D eigenvalue weighted by atomic mass is 9.82. The van der Waals surface area contributed by atoms with Crippen LogP contribution in [0, 0.1) is 5.92 Å². The van der Waals surface area contributed by atoms with Gasteiger partial charge in [-0.05, 0) is 45.4 Å². The van der Waals surface area contributed by atoms with Crippen LogP contribution >= 0.6 is 0 Å².